The molecule has 1 rings (SSSR count). The third-order valence-corrected chi connectivity index (χ3v) is 3.68. The molecule has 1 aliphatic heterocycles. The van der Waals surface area contributed by atoms with Crippen LogP contribution in [-0.4, -0.2) is 59.9 Å². The molecule has 5 heteroatoms. The predicted octanol–water partition coefficient (Wildman–Crippen LogP) is 0.144. The number of hydrogen-bond donors (Lipinski definition) is 3. The Morgan fingerprint density at radius 1 is 1.47 bits per heavy atom. The van der Waals surface area contributed by atoms with Crippen molar-refractivity contribution in [2.45, 2.75) is 32.3 Å². The quantitative estimate of drug-likeness (QED) is 0.642. The first-order valence-corrected chi connectivity index (χ1v) is 6.10. The number of carboxylic acid groups (broad SMARTS) is 1. The van der Waals surface area contributed by atoms with E-state index in [9.17, 15) is 9.90 Å². The SMILES string of the molecule is CN1CCC(C)(CNCC(C)(O)C(=O)O)CC1. The number of aliphatic carboxylic acids is 1. The minimum absolute atomic E-state index is 0.0910. The van der Waals surface area contributed by atoms with Crippen molar-refractivity contribution in [3.63, 3.8) is 0 Å². The molecule has 1 aliphatic rings. The minimum Gasteiger partial charge on any atom is -0.479 e. The fraction of sp³-hybridized carbons (Fsp3) is 0.917. The van der Waals surface area contributed by atoms with Crippen LogP contribution < -0.4 is 5.32 Å². The predicted molar refractivity (Wildman–Crippen MR) is 66.0 cm³/mol. The molecule has 17 heavy (non-hydrogen) atoms. The van der Waals surface area contributed by atoms with E-state index in [1.165, 1.54) is 6.92 Å². The molecule has 0 amide bonds. The van der Waals surface area contributed by atoms with Crippen LogP contribution in [-0.2, 0) is 4.79 Å². The van der Waals surface area contributed by atoms with Crippen molar-refractivity contribution >= 4 is 5.97 Å². The number of hydrogen-bond acceptors (Lipinski definition) is 4. The zero-order chi connectivity index (χ0) is 13.1. The van der Waals surface area contributed by atoms with E-state index in [1.807, 2.05) is 0 Å². The van der Waals surface area contributed by atoms with Gasteiger partial charge in [-0.25, -0.2) is 4.79 Å². The number of aliphatic hydroxyl groups is 1. The first kappa shape index (κ1) is 14.4. The lowest BCUT2D eigenvalue weighted by Crippen LogP contribution is -2.49. The maximum atomic E-state index is 10.7. The van der Waals surface area contributed by atoms with Crippen molar-refractivity contribution in [1.29, 1.82) is 0 Å². The molecule has 0 radical (unpaired) electrons. The van der Waals surface area contributed by atoms with Gasteiger partial charge in [0.05, 0.1) is 0 Å². The van der Waals surface area contributed by atoms with Crippen LogP contribution in [0.4, 0.5) is 0 Å². The van der Waals surface area contributed by atoms with Crippen LogP contribution in [0.25, 0.3) is 0 Å². The topological polar surface area (TPSA) is 72.8 Å². The summed E-state index contributed by atoms with van der Waals surface area (Å²) in [6, 6.07) is 0. The number of carbonyl (C=O) groups is 1. The minimum atomic E-state index is -1.68. The van der Waals surface area contributed by atoms with Crippen molar-refractivity contribution < 1.29 is 15.0 Å². The summed E-state index contributed by atoms with van der Waals surface area (Å²) in [6.07, 6.45) is 2.21. The number of nitrogens with one attached hydrogen (secondary N) is 1. The molecule has 1 heterocycles. The highest BCUT2D eigenvalue weighted by atomic mass is 16.4. The zero-order valence-corrected chi connectivity index (χ0v) is 11.0. The van der Waals surface area contributed by atoms with Gasteiger partial charge in [-0.3, -0.25) is 0 Å². The fourth-order valence-electron chi connectivity index (χ4n) is 2.02. The maximum Gasteiger partial charge on any atom is 0.336 e. The van der Waals surface area contributed by atoms with Crippen LogP contribution in [0, 0.1) is 5.41 Å². The van der Waals surface area contributed by atoms with Gasteiger partial charge < -0.3 is 20.4 Å². The molecule has 5 nitrogen and oxygen atoms in total. The van der Waals surface area contributed by atoms with E-state index in [4.69, 9.17) is 5.11 Å². The molecule has 1 saturated heterocycles. The molecule has 1 fully saturated rings. The Bertz CT molecular complexity index is 271. The van der Waals surface area contributed by atoms with E-state index in [0.717, 1.165) is 32.5 Å². The number of piperidine rings is 1. The monoisotopic (exact) mass is 244 g/mol. The largest absolute Gasteiger partial charge is 0.479 e. The van der Waals surface area contributed by atoms with E-state index in [1.54, 1.807) is 0 Å². The zero-order valence-electron chi connectivity index (χ0n) is 11.0. The van der Waals surface area contributed by atoms with Crippen LogP contribution in [0.15, 0.2) is 0 Å². The lowest BCUT2D eigenvalue weighted by atomic mass is 9.80. The Morgan fingerprint density at radius 2 is 2.00 bits per heavy atom. The number of nitrogens with zero attached hydrogens (tertiary/aromatic N) is 1. The fourth-order valence-corrected chi connectivity index (χ4v) is 2.02. The highest BCUT2D eigenvalue weighted by Gasteiger charge is 2.32. The summed E-state index contributed by atoms with van der Waals surface area (Å²) in [4.78, 5) is 13.0. The first-order valence-electron chi connectivity index (χ1n) is 6.10. The molecule has 100 valence electrons. The number of carboxylic acids is 1. The Hall–Kier alpha value is -0.650. The van der Waals surface area contributed by atoms with E-state index in [2.05, 4.69) is 24.2 Å². The van der Waals surface area contributed by atoms with Gasteiger partial charge in [-0.2, -0.15) is 0 Å². The standard InChI is InChI=1S/C12H24N2O3/c1-11(4-6-14(3)7-5-11)8-13-9-12(2,17)10(15)16/h13,17H,4-9H2,1-3H3,(H,15,16). The summed E-state index contributed by atoms with van der Waals surface area (Å²) in [7, 11) is 2.11. The summed E-state index contributed by atoms with van der Waals surface area (Å²) in [5.41, 5.74) is -1.47. The third-order valence-electron chi connectivity index (χ3n) is 3.68. The molecule has 0 spiro atoms. The smallest absolute Gasteiger partial charge is 0.336 e. The molecular formula is C12H24N2O3. The lowest BCUT2D eigenvalue weighted by Gasteiger charge is -2.38. The normalized spacial score (nSPS) is 24.2. The summed E-state index contributed by atoms with van der Waals surface area (Å²) in [6.45, 7) is 6.53. The first-order chi connectivity index (χ1) is 7.75. The van der Waals surface area contributed by atoms with E-state index >= 15 is 0 Å². The summed E-state index contributed by atoms with van der Waals surface area (Å²) >= 11 is 0. The van der Waals surface area contributed by atoms with Crippen molar-refractivity contribution in [2.24, 2.45) is 5.41 Å². The third kappa shape index (κ3) is 4.26. The summed E-state index contributed by atoms with van der Waals surface area (Å²) < 4.78 is 0. The Kier molecular flexibility index (Phi) is 4.52. The second-order valence-corrected chi connectivity index (χ2v) is 5.80. The van der Waals surface area contributed by atoms with Gasteiger partial charge in [0.2, 0.25) is 0 Å². The Labute approximate surface area is 103 Å². The van der Waals surface area contributed by atoms with Crippen molar-refractivity contribution in [1.82, 2.24) is 10.2 Å². The van der Waals surface area contributed by atoms with Gasteiger partial charge in [-0.1, -0.05) is 6.92 Å². The molecule has 1 atom stereocenters. The van der Waals surface area contributed by atoms with Gasteiger partial charge in [0.15, 0.2) is 5.60 Å². The van der Waals surface area contributed by atoms with Crippen molar-refractivity contribution in [2.75, 3.05) is 33.2 Å². The van der Waals surface area contributed by atoms with Gasteiger partial charge in [0, 0.05) is 13.1 Å². The number of likely N-dealkylation sites (tertiary alicyclic amines) is 1. The van der Waals surface area contributed by atoms with Crippen LogP contribution >= 0.6 is 0 Å². The molecule has 3 N–H and O–H groups in total. The highest BCUT2D eigenvalue weighted by molar-refractivity contribution is 5.76. The molecule has 1 unspecified atom stereocenters. The second-order valence-electron chi connectivity index (χ2n) is 5.80. The second kappa shape index (κ2) is 5.33. The lowest BCUT2D eigenvalue weighted by molar-refractivity contribution is -0.156. The van der Waals surface area contributed by atoms with Crippen molar-refractivity contribution in [3.05, 3.63) is 0 Å². The molecule has 0 aromatic heterocycles. The van der Waals surface area contributed by atoms with Crippen molar-refractivity contribution in [3.8, 4) is 0 Å². The molecule has 0 saturated carbocycles. The molecule has 0 aliphatic carbocycles. The summed E-state index contributed by atoms with van der Waals surface area (Å²) in [5, 5.41) is 21.4. The Morgan fingerprint density at radius 3 is 2.47 bits per heavy atom. The molecular weight excluding hydrogens is 220 g/mol. The van der Waals surface area contributed by atoms with E-state index in [-0.39, 0.29) is 12.0 Å². The van der Waals surface area contributed by atoms with Gasteiger partial charge in [-0.05, 0) is 45.3 Å². The van der Waals surface area contributed by atoms with E-state index in [0.29, 0.717) is 0 Å². The van der Waals surface area contributed by atoms with Gasteiger partial charge in [-0.15, -0.1) is 0 Å². The van der Waals surface area contributed by atoms with Crippen LogP contribution in [0.5, 0.6) is 0 Å². The molecule has 0 aromatic rings. The number of rotatable bonds is 5. The maximum absolute atomic E-state index is 10.7. The van der Waals surface area contributed by atoms with Crippen LogP contribution in [0.3, 0.4) is 0 Å². The van der Waals surface area contributed by atoms with E-state index < -0.39 is 11.6 Å². The Balaban J connectivity index is 2.33. The summed E-state index contributed by atoms with van der Waals surface area (Å²) in [5.74, 6) is -1.18. The average molecular weight is 244 g/mol. The van der Waals surface area contributed by atoms with Crippen LogP contribution in [0.1, 0.15) is 26.7 Å². The van der Waals surface area contributed by atoms with Crippen LogP contribution in [0.2, 0.25) is 0 Å². The van der Waals surface area contributed by atoms with Gasteiger partial charge >= 0.3 is 5.97 Å². The average Bonchev–Trinajstić information content (AvgIpc) is 2.22. The van der Waals surface area contributed by atoms with Gasteiger partial charge in [0.1, 0.15) is 0 Å². The molecule has 0 bridgehead atoms. The molecule has 0 aromatic carbocycles. The van der Waals surface area contributed by atoms with Gasteiger partial charge in [0.25, 0.3) is 0 Å². The highest BCUT2D eigenvalue weighted by Crippen LogP contribution is 2.29.